The molecule has 0 bridgehead atoms. The molecule has 0 aromatic heterocycles. The number of benzene rings is 2. The Morgan fingerprint density at radius 3 is 2.30 bits per heavy atom. The van der Waals surface area contributed by atoms with Crippen LogP contribution < -0.4 is 29.7 Å². The van der Waals surface area contributed by atoms with E-state index in [4.69, 9.17) is 31.2 Å². The van der Waals surface area contributed by atoms with Crippen LogP contribution in [0.3, 0.4) is 0 Å². The average Bonchev–Trinajstić information content (AvgIpc) is 2.69. The largest absolute Gasteiger partial charge is 0.494 e. The fourth-order valence-corrected chi connectivity index (χ4v) is 2.52. The molecule has 0 aliphatic heterocycles. The molecule has 2 N–H and O–H groups in total. The summed E-state index contributed by atoms with van der Waals surface area (Å²) in [6.07, 6.45) is 1.59. The lowest BCUT2D eigenvalue weighted by molar-refractivity contribution is 0.324. The second kappa shape index (κ2) is 10.2. The van der Waals surface area contributed by atoms with Gasteiger partial charge in [-0.1, -0.05) is 0 Å². The van der Waals surface area contributed by atoms with Gasteiger partial charge in [0, 0.05) is 11.3 Å². The summed E-state index contributed by atoms with van der Waals surface area (Å²) in [7, 11) is 4.67. The van der Waals surface area contributed by atoms with Crippen molar-refractivity contribution in [2.45, 2.75) is 6.92 Å². The van der Waals surface area contributed by atoms with E-state index in [0.717, 1.165) is 11.4 Å². The lowest BCUT2D eigenvalue weighted by atomic mass is 10.2. The van der Waals surface area contributed by atoms with Crippen molar-refractivity contribution >= 4 is 29.2 Å². The third-order valence-electron chi connectivity index (χ3n) is 3.53. The fraction of sp³-hybridized carbons (Fsp3) is 0.263. The van der Waals surface area contributed by atoms with Gasteiger partial charge < -0.3 is 24.3 Å². The van der Waals surface area contributed by atoms with E-state index in [1.165, 1.54) is 0 Å². The van der Waals surface area contributed by atoms with Gasteiger partial charge in [-0.15, -0.1) is 0 Å². The van der Waals surface area contributed by atoms with E-state index >= 15 is 0 Å². The maximum atomic E-state index is 5.41. The molecule has 0 heterocycles. The van der Waals surface area contributed by atoms with Crippen LogP contribution in [0.15, 0.2) is 41.5 Å². The zero-order valence-corrected chi connectivity index (χ0v) is 16.6. The summed E-state index contributed by atoms with van der Waals surface area (Å²) in [5.74, 6) is 2.40. The van der Waals surface area contributed by atoms with Gasteiger partial charge in [0.25, 0.3) is 0 Å². The van der Waals surface area contributed by atoms with Gasteiger partial charge in [0.15, 0.2) is 16.6 Å². The summed E-state index contributed by atoms with van der Waals surface area (Å²) < 4.78 is 21.4. The highest BCUT2D eigenvalue weighted by atomic mass is 32.1. The number of nitrogens with zero attached hydrogens (tertiary/aromatic N) is 1. The Kier molecular flexibility index (Phi) is 7.69. The van der Waals surface area contributed by atoms with Gasteiger partial charge in [-0.3, -0.25) is 5.43 Å². The summed E-state index contributed by atoms with van der Waals surface area (Å²) in [5, 5.41) is 7.54. The van der Waals surface area contributed by atoms with Crippen molar-refractivity contribution in [3.63, 3.8) is 0 Å². The average molecular weight is 389 g/mol. The Bertz CT molecular complexity index is 794. The Balaban J connectivity index is 2.01. The Morgan fingerprint density at radius 2 is 1.70 bits per heavy atom. The van der Waals surface area contributed by atoms with Crippen LogP contribution >= 0.6 is 12.2 Å². The summed E-state index contributed by atoms with van der Waals surface area (Å²) >= 11 is 5.24. The number of hydrogen-bond donors (Lipinski definition) is 2. The number of thiocarbonyl (C=S) groups is 1. The molecule has 27 heavy (non-hydrogen) atoms. The molecular formula is C19H23N3O4S. The Labute approximate surface area is 164 Å². The molecule has 0 amide bonds. The number of hydrogen-bond acceptors (Lipinski definition) is 6. The van der Waals surface area contributed by atoms with E-state index in [1.54, 1.807) is 33.6 Å². The van der Waals surface area contributed by atoms with Crippen LogP contribution in [-0.4, -0.2) is 39.3 Å². The standard InChI is InChI=1S/C19H23N3O4S/c1-5-26-15-9-7-14(8-10-15)21-19(27)22-20-12-13-6-11-16(23-2)18(25-4)17(13)24-3/h6-12H,5H2,1-4H3,(H2,21,22,27)/b20-12-. The molecule has 0 radical (unpaired) electrons. The molecule has 0 aliphatic carbocycles. The molecular weight excluding hydrogens is 366 g/mol. The molecule has 0 aliphatic rings. The maximum absolute atomic E-state index is 5.41. The van der Waals surface area contributed by atoms with Crippen LogP contribution in [0.2, 0.25) is 0 Å². The molecule has 2 aromatic rings. The van der Waals surface area contributed by atoms with Crippen molar-refractivity contribution in [2.24, 2.45) is 5.10 Å². The summed E-state index contributed by atoms with van der Waals surface area (Å²) in [6, 6.07) is 11.1. The third kappa shape index (κ3) is 5.49. The smallest absolute Gasteiger partial charge is 0.203 e. The minimum absolute atomic E-state index is 0.356. The predicted molar refractivity (Wildman–Crippen MR) is 111 cm³/mol. The van der Waals surface area contributed by atoms with E-state index < -0.39 is 0 Å². The van der Waals surface area contributed by atoms with Crippen LogP contribution in [0.25, 0.3) is 0 Å². The molecule has 2 rings (SSSR count). The van der Waals surface area contributed by atoms with Gasteiger partial charge in [0.05, 0.1) is 34.2 Å². The van der Waals surface area contributed by atoms with Crippen LogP contribution in [-0.2, 0) is 0 Å². The second-order valence-electron chi connectivity index (χ2n) is 5.21. The second-order valence-corrected chi connectivity index (χ2v) is 5.61. The first-order valence-electron chi connectivity index (χ1n) is 8.24. The highest BCUT2D eigenvalue weighted by Crippen LogP contribution is 2.38. The first-order chi connectivity index (χ1) is 13.1. The van der Waals surface area contributed by atoms with Gasteiger partial charge in [-0.05, 0) is 55.5 Å². The first kappa shape index (κ1) is 20.3. The van der Waals surface area contributed by atoms with E-state index in [9.17, 15) is 0 Å². The van der Waals surface area contributed by atoms with Gasteiger partial charge in [0.1, 0.15) is 5.75 Å². The number of rotatable bonds is 8. The minimum atomic E-state index is 0.356. The van der Waals surface area contributed by atoms with Crippen molar-refractivity contribution in [1.29, 1.82) is 0 Å². The zero-order valence-electron chi connectivity index (χ0n) is 15.7. The van der Waals surface area contributed by atoms with E-state index in [-0.39, 0.29) is 0 Å². The molecule has 144 valence electrons. The first-order valence-corrected chi connectivity index (χ1v) is 8.65. The highest BCUT2D eigenvalue weighted by molar-refractivity contribution is 7.80. The zero-order chi connectivity index (χ0) is 19.6. The van der Waals surface area contributed by atoms with Crippen LogP contribution in [0.4, 0.5) is 5.69 Å². The molecule has 0 saturated heterocycles. The van der Waals surface area contributed by atoms with Crippen molar-refractivity contribution in [2.75, 3.05) is 33.3 Å². The Hall–Kier alpha value is -3.00. The molecule has 0 fully saturated rings. The number of ether oxygens (including phenoxy) is 4. The monoisotopic (exact) mass is 389 g/mol. The SMILES string of the molecule is CCOc1ccc(NC(=S)N/N=C\c2ccc(OC)c(OC)c2OC)cc1. The minimum Gasteiger partial charge on any atom is -0.494 e. The molecule has 7 nitrogen and oxygen atoms in total. The molecule has 0 spiro atoms. The van der Waals surface area contributed by atoms with E-state index in [0.29, 0.717) is 34.5 Å². The molecule has 0 unspecified atom stereocenters. The maximum Gasteiger partial charge on any atom is 0.203 e. The molecule has 2 aromatic carbocycles. The van der Waals surface area contributed by atoms with Gasteiger partial charge in [0.2, 0.25) is 5.75 Å². The van der Waals surface area contributed by atoms with Gasteiger partial charge >= 0.3 is 0 Å². The quantitative estimate of drug-likeness (QED) is 0.407. The van der Waals surface area contributed by atoms with Gasteiger partial charge in [-0.25, -0.2) is 0 Å². The van der Waals surface area contributed by atoms with Crippen molar-refractivity contribution in [1.82, 2.24) is 5.43 Å². The van der Waals surface area contributed by atoms with Crippen molar-refractivity contribution < 1.29 is 18.9 Å². The lowest BCUT2D eigenvalue weighted by Gasteiger charge is -2.13. The van der Waals surface area contributed by atoms with Crippen LogP contribution in [0.5, 0.6) is 23.0 Å². The normalized spacial score (nSPS) is 10.4. The van der Waals surface area contributed by atoms with Crippen molar-refractivity contribution in [3.05, 3.63) is 42.0 Å². The van der Waals surface area contributed by atoms with E-state index in [1.807, 2.05) is 37.3 Å². The van der Waals surface area contributed by atoms with Crippen LogP contribution in [0, 0.1) is 0 Å². The summed E-state index contributed by atoms with van der Waals surface area (Å²) in [5.41, 5.74) is 4.31. The number of nitrogens with one attached hydrogen (secondary N) is 2. The highest BCUT2D eigenvalue weighted by Gasteiger charge is 2.14. The summed E-state index contributed by atoms with van der Waals surface area (Å²) in [6.45, 7) is 2.57. The fourth-order valence-electron chi connectivity index (χ4n) is 2.35. The number of methoxy groups -OCH3 is 3. The summed E-state index contributed by atoms with van der Waals surface area (Å²) in [4.78, 5) is 0. The van der Waals surface area contributed by atoms with Crippen molar-refractivity contribution in [3.8, 4) is 23.0 Å². The molecule has 0 saturated carbocycles. The van der Waals surface area contributed by atoms with Gasteiger partial charge in [-0.2, -0.15) is 5.10 Å². The topological polar surface area (TPSA) is 73.3 Å². The molecule has 8 heteroatoms. The Morgan fingerprint density at radius 1 is 1.00 bits per heavy atom. The number of hydrazone groups is 1. The lowest BCUT2D eigenvalue weighted by Crippen LogP contribution is -2.23. The molecule has 0 atom stereocenters. The third-order valence-corrected chi connectivity index (χ3v) is 3.72. The van der Waals surface area contributed by atoms with Crippen LogP contribution in [0.1, 0.15) is 12.5 Å². The number of anilines is 1. The van der Waals surface area contributed by atoms with E-state index in [2.05, 4.69) is 15.8 Å². The predicted octanol–water partition coefficient (Wildman–Crippen LogP) is 3.43.